The van der Waals surface area contributed by atoms with Crippen molar-refractivity contribution in [2.24, 2.45) is 0 Å². The highest BCUT2D eigenvalue weighted by Gasteiger charge is 2.16. The molecular weight excluding hydrogens is 188 g/mol. The Balaban J connectivity index is 2.34. The van der Waals surface area contributed by atoms with Gasteiger partial charge in [0.25, 0.3) is 0 Å². The van der Waals surface area contributed by atoms with Crippen molar-refractivity contribution < 1.29 is 9.84 Å². The lowest BCUT2D eigenvalue weighted by Gasteiger charge is -2.18. The predicted octanol–water partition coefficient (Wildman–Crippen LogP) is 3.22. The summed E-state index contributed by atoms with van der Waals surface area (Å²) in [5.41, 5.74) is 0.977. The number of hydrogen-bond donors (Lipinski definition) is 1. The van der Waals surface area contributed by atoms with Crippen molar-refractivity contribution in [1.82, 2.24) is 0 Å². The number of para-hydroxylation sites is 1. The molecule has 2 nitrogen and oxygen atoms in total. The van der Waals surface area contributed by atoms with Crippen molar-refractivity contribution >= 4 is 0 Å². The van der Waals surface area contributed by atoms with Gasteiger partial charge in [0.1, 0.15) is 0 Å². The van der Waals surface area contributed by atoms with Crippen molar-refractivity contribution in [3.63, 3.8) is 0 Å². The number of ether oxygens (including phenoxy) is 1. The summed E-state index contributed by atoms with van der Waals surface area (Å²) in [7, 11) is 1.58. The molecular formula is C13H16O2. The summed E-state index contributed by atoms with van der Waals surface area (Å²) >= 11 is 0. The highest BCUT2D eigenvalue weighted by molar-refractivity contribution is 5.48. The van der Waals surface area contributed by atoms with E-state index in [1.165, 1.54) is 6.42 Å². The molecule has 1 aliphatic carbocycles. The molecule has 80 valence electrons. The highest BCUT2D eigenvalue weighted by atomic mass is 16.5. The third-order valence-corrected chi connectivity index (χ3v) is 2.90. The molecule has 0 aliphatic heterocycles. The number of rotatable bonds is 2. The first-order chi connectivity index (χ1) is 7.33. The van der Waals surface area contributed by atoms with Crippen LogP contribution in [0, 0.1) is 0 Å². The van der Waals surface area contributed by atoms with E-state index < -0.39 is 0 Å². The summed E-state index contributed by atoms with van der Waals surface area (Å²) in [6.07, 6.45) is 7.82. The van der Waals surface area contributed by atoms with E-state index in [0.29, 0.717) is 11.7 Å². The molecule has 0 unspecified atom stereocenters. The first-order valence-electron chi connectivity index (χ1n) is 5.35. The summed E-state index contributed by atoms with van der Waals surface area (Å²) in [5, 5.41) is 9.98. The zero-order valence-corrected chi connectivity index (χ0v) is 8.94. The van der Waals surface area contributed by atoms with Gasteiger partial charge in [-0.15, -0.1) is 0 Å². The maximum absolute atomic E-state index is 9.98. The fraction of sp³-hybridized carbons (Fsp3) is 0.385. The second-order valence-electron chi connectivity index (χ2n) is 3.86. The number of methoxy groups -OCH3 is 1. The first kappa shape index (κ1) is 10.1. The number of allylic oxidation sites excluding steroid dienone is 2. The maximum Gasteiger partial charge on any atom is 0.161 e. The topological polar surface area (TPSA) is 29.5 Å². The molecule has 15 heavy (non-hydrogen) atoms. The van der Waals surface area contributed by atoms with Crippen LogP contribution in [0.5, 0.6) is 11.5 Å². The summed E-state index contributed by atoms with van der Waals surface area (Å²) in [5.74, 6) is 1.19. The fourth-order valence-electron chi connectivity index (χ4n) is 2.07. The molecule has 2 heteroatoms. The Bertz CT molecular complexity index is 369. The summed E-state index contributed by atoms with van der Waals surface area (Å²) in [6.45, 7) is 0. The molecule has 1 aromatic rings. The average Bonchev–Trinajstić information content (AvgIpc) is 2.30. The van der Waals surface area contributed by atoms with Crippen LogP contribution in [0.4, 0.5) is 0 Å². The SMILES string of the molecule is COc1cccc([C@H]2C=CCCC2)c1O. The van der Waals surface area contributed by atoms with E-state index in [2.05, 4.69) is 12.2 Å². The Morgan fingerprint density at radius 2 is 2.27 bits per heavy atom. The summed E-state index contributed by atoms with van der Waals surface area (Å²) < 4.78 is 5.10. The lowest BCUT2D eigenvalue weighted by atomic mass is 9.88. The number of phenolic OH excluding ortho intramolecular Hbond substituents is 1. The van der Waals surface area contributed by atoms with Crippen LogP contribution < -0.4 is 4.74 Å². The van der Waals surface area contributed by atoms with E-state index in [1.807, 2.05) is 12.1 Å². The van der Waals surface area contributed by atoms with Crippen LogP contribution in [0.1, 0.15) is 30.7 Å². The van der Waals surface area contributed by atoms with Crippen LogP contribution >= 0.6 is 0 Å². The maximum atomic E-state index is 9.98. The van der Waals surface area contributed by atoms with Gasteiger partial charge >= 0.3 is 0 Å². The number of hydrogen-bond acceptors (Lipinski definition) is 2. The van der Waals surface area contributed by atoms with Gasteiger partial charge in [-0.2, -0.15) is 0 Å². The molecule has 1 aliphatic rings. The number of phenols is 1. The number of benzene rings is 1. The minimum Gasteiger partial charge on any atom is -0.504 e. The molecule has 0 fully saturated rings. The van der Waals surface area contributed by atoms with Gasteiger partial charge in [-0.3, -0.25) is 0 Å². The monoisotopic (exact) mass is 204 g/mol. The Morgan fingerprint density at radius 1 is 1.40 bits per heavy atom. The van der Waals surface area contributed by atoms with E-state index in [4.69, 9.17) is 4.74 Å². The van der Waals surface area contributed by atoms with Crippen molar-refractivity contribution in [3.05, 3.63) is 35.9 Å². The zero-order chi connectivity index (χ0) is 10.7. The highest BCUT2D eigenvalue weighted by Crippen LogP contribution is 2.38. The smallest absolute Gasteiger partial charge is 0.161 e. The molecule has 0 aromatic heterocycles. The van der Waals surface area contributed by atoms with Gasteiger partial charge in [0, 0.05) is 11.5 Å². The Morgan fingerprint density at radius 3 is 2.93 bits per heavy atom. The molecule has 2 rings (SSSR count). The predicted molar refractivity (Wildman–Crippen MR) is 60.4 cm³/mol. The minimum absolute atomic E-state index is 0.288. The Labute approximate surface area is 90.2 Å². The lowest BCUT2D eigenvalue weighted by molar-refractivity contribution is 0.369. The summed E-state index contributed by atoms with van der Waals surface area (Å²) in [4.78, 5) is 0. The van der Waals surface area contributed by atoms with Crippen LogP contribution in [0.25, 0.3) is 0 Å². The van der Waals surface area contributed by atoms with Crippen LogP contribution in [0.15, 0.2) is 30.4 Å². The summed E-state index contributed by atoms with van der Waals surface area (Å²) in [6, 6.07) is 5.68. The standard InChI is InChI=1S/C13H16O2/c1-15-12-9-5-8-11(13(12)14)10-6-3-2-4-7-10/h3,5-6,8-10,14H,2,4,7H2,1H3/t10-/m0/s1. The minimum atomic E-state index is 0.288. The molecule has 0 amide bonds. The molecule has 0 heterocycles. The van der Waals surface area contributed by atoms with Gasteiger partial charge in [0.05, 0.1) is 7.11 Å². The Kier molecular flexibility index (Phi) is 2.95. The van der Waals surface area contributed by atoms with E-state index in [1.54, 1.807) is 13.2 Å². The zero-order valence-electron chi connectivity index (χ0n) is 8.94. The second-order valence-corrected chi connectivity index (χ2v) is 3.86. The largest absolute Gasteiger partial charge is 0.504 e. The third kappa shape index (κ3) is 1.99. The van der Waals surface area contributed by atoms with Crippen LogP contribution in [0.2, 0.25) is 0 Å². The van der Waals surface area contributed by atoms with Crippen molar-refractivity contribution in [1.29, 1.82) is 0 Å². The van der Waals surface area contributed by atoms with Crippen molar-refractivity contribution in [3.8, 4) is 11.5 Å². The molecule has 1 atom stereocenters. The van der Waals surface area contributed by atoms with E-state index >= 15 is 0 Å². The molecule has 1 aromatic carbocycles. The quantitative estimate of drug-likeness (QED) is 0.749. The van der Waals surface area contributed by atoms with Gasteiger partial charge in [-0.05, 0) is 25.3 Å². The lowest BCUT2D eigenvalue weighted by Crippen LogP contribution is -2.00. The average molecular weight is 204 g/mol. The van der Waals surface area contributed by atoms with E-state index in [0.717, 1.165) is 18.4 Å². The van der Waals surface area contributed by atoms with E-state index in [-0.39, 0.29) is 5.75 Å². The van der Waals surface area contributed by atoms with Crippen LogP contribution in [-0.2, 0) is 0 Å². The molecule has 0 radical (unpaired) electrons. The van der Waals surface area contributed by atoms with Crippen molar-refractivity contribution in [2.75, 3.05) is 7.11 Å². The molecule has 0 spiro atoms. The van der Waals surface area contributed by atoms with Gasteiger partial charge in [0.2, 0.25) is 0 Å². The second kappa shape index (κ2) is 4.39. The van der Waals surface area contributed by atoms with Gasteiger partial charge in [-0.25, -0.2) is 0 Å². The fourth-order valence-corrected chi connectivity index (χ4v) is 2.07. The molecule has 0 saturated carbocycles. The third-order valence-electron chi connectivity index (χ3n) is 2.90. The number of aromatic hydroxyl groups is 1. The molecule has 0 saturated heterocycles. The molecule has 0 bridgehead atoms. The van der Waals surface area contributed by atoms with Gasteiger partial charge < -0.3 is 9.84 Å². The normalized spacial score (nSPS) is 20.2. The van der Waals surface area contributed by atoms with Crippen LogP contribution in [-0.4, -0.2) is 12.2 Å². The van der Waals surface area contributed by atoms with Crippen molar-refractivity contribution in [2.45, 2.75) is 25.2 Å². The van der Waals surface area contributed by atoms with Gasteiger partial charge in [0.15, 0.2) is 11.5 Å². The molecule has 1 N–H and O–H groups in total. The Hall–Kier alpha value is -1.44. The van der Waals surface area contributed by atoms with Crippen LogP contribution in [0.3, 0.4) is 0 Å². The first-order valence-corrected chi connectivity index (χ1v) is 5.35. The van der Waals surface area contributed by atoms with E-state index in [9.17, 15) is 5.11 Å². The van der Waals surface area contributed by atoms with Gasteiger partial charge in [-0.1, -0.05) is 24.3 Å².